The summed E-state index contributed by atoms with van der Waals surface area (Å²) in [7, 11) is 0. The highest BCUT2D eigenvalue weighted by Gasteiger charge is 2.04. The highest BCUT2D eigenvalue weighted by molar-refractivity contribution is 7.99. The maximum Gasteiger partial charge on any atom is 0.288 e. The van der Waals surface area contributed by atoms with Crippen LogP contribution in [0.1, 0.15) is 12.5 Å². The van der Waals surface area contributed by atoms with E-state index in [0.29, 0.717) is 16.7 Å². The fourth-order valence-electron chi connectivity index (χ4n) is 1.06. The fraction of sp³-hybridized carbons (Fsp3) is 0.400. The minimum absolute atomic E-state index is 0.577. The van der Waals surface area contributed by atoms with Gasteiger partial charge in [0.25, 0.3) is 5.76 Å². The number of hydrogen-bond acceptors (Lipinski definition) is 2. The lowest BCUT2D eigenvalue weighted by molar-refractivity contribution is 0.252. The van der Waals surface area contributed by atoms with E-state index in [1.807, 2.05) is 19.1 Å². The summed E-state index contributed by atoms with van der Waals surface area (Å²) in [6.45, 7) is 3.73. The maximum absolute atomic E-state index is 12.0. The van der Waals surface area contributed by atoms with Gasteiger partial charge in [-0.1, -0.05) is 30.8 Å². The molecular formula is C10H13F2NS. The zero-order valence-electron chi connectivity index (χ0n) is 7.97. The smallest absolute Gasteiger partial charge is 0.288 e. The van der Waals surface area contributed by atoms with Crippen LogP contribution in [0.25, 0.3) is 0 Å². The Kier molecular flexibility index (Phi) is 4.90. The standard InChI is InChI=1S/C10H13F2NS/c1-2-13-7-8-3-5-9(6-4-8)14-10(11)12/h3-6,10,13H,2,7H2,1H3. The van der Waals surface area contributed by atoms with Gasteiger partial charge in [-0.05, 0) is 24.2 Å². The zero-order valence-corrected chi connectivity index (χ0v) is 8.78. The molecule has 0 aliphatic carbocycles. The first-order chi connectivity index (χ1) is 6.72. The molecule has 1 N–H and O–H groups in total. The van der Waals surface area contributed by atoms with E-state index in [1.54, 1.807) is 12.1 Å². The Morgan fingerprint density at radius 3 is 2.43 bits per heavy atom. The summed E-state index contributed by atoms with van der Waals surface area (Å²) in [5.74, 6) is -2.34. The summed E-state index contributed by atoms with van der Waals surface area (Å²) in [5.41, 5.74) is 1.12. The Bertz CT molecular complexity index is 261. The molecule has 0 aliphatic heterocycles. The summed E-state index contributed by atoms with van der Waals surface area (Å²) in [6.07, 6.45) is 0. The second-order valence-electron chi connectivity index (χ2n) is 2.80. The van der Waals surface area contributed by atoms with Crippen molar-refractivity contribution in [1.82, 2.24) is 5.32 Å². The van der Waals surface area contributed by atoms with Crippen LogP contribution < -0.4 is 5.32 Å². The van der Waals surface area contributed by atoms with E-state index >= 15 is 0 Å². The Balaban J connectivity index is 2.50. The van der Waals surface area contributed by atoms with Crippen molar-refractivity contribution in [3.05, 3.63) is 29.8 Å². The molecule has 78 valence electrons. The van der Waals surface area contributed by atoms with Crippen LogP contribution in [0, 0.1) is 0 Å². The summed E-state index contributed by atoms with van der Waals surface area (Å²) < 4.78 is 23.9. The van der Waals surface area contributed by atoms with Crippen LogP contribution in [0.2, 0.25) is 0 Å². The van der Waals surface area contributed by atoms with Crippen molar-refractivity contribution in [3.8, 4) is 0 Å². The molecule has 4 heteroatoms. The van der Waals surface area contributed by atoms with Crippen molar-refractivity contribution < 1.29 is 8.78 Å². The first kappa shape index (κ1) is 11.5. The summed E-state index contributed by atoms with van der Waals surface area (Å²) in [5, 5.41) is 3.17. The number of hydrogen-bond donors (Lipinski definition) is 1. The lowest BCUT2D eigenvalue weighted by atomic mass is 10.2. The van der Waals surface area contributed by atoms with Crippen molar-refractivity contribution in [2.24, 2.45) is 0 Å². The molecule has 0 radical (unpaired) electrons. The summed E-state index contributed by atoms with van der Waals surface area (Å²) in [6, 6.07) is 7.19. The van der Waals surface area contributed by atoms with E-state index < -0.39 is 5.76 Å². The topological polar surface area (TPSA) is 12.0 Å². The van der Waals surface area contributed by atoms with Crippen molar-refractivity contribution in [3.63, 3.8) is 0 Å². The van der Waals surface area contributed by atoms with Crippen LogP contribution in [-0.2, 0) is 6.54 Å². The molecule has 1 nitrogen and oxygen atoms in total. The third-order valence-corrected chi connectivity index (χ3v) is 2.45. The van der Waals surface area contributed by atoms with Gasteiger partial charge in [-0.3, -0.25) is 0 Å². The molecule has 0 fully saturated rings. The normalized spacial score (nSPS) is 10.9. The maximum atomic E-state index is 12.0. The monoisotopic (exact) mass is 217 g/mol. The number of rotatable bonds is 5. The molecule has 0 amide bonds. The molecule has 0 unspecified atom stereocenters. The molecule has 1 aromatic rings. The van der Waals surface area contributed by atoms with Gasteiger partial charge in [-0.2, -0.15) is 8.78 Å². The predicted molar refractivity (Wildman–Crippen MR) is 55.7 cm³/mol. The van der Waals surface area contributed by atoms with Gasteiger partial charge < -0.3 is 5.32 Å². The van der Waals surface area contributed by atoms with Crippen LogP contribution in [0.4, 0.5) is 8.78 Å². The van der Waals surface area contributed by atoms with Crippen LogP contribution in [0.5, 0.6) is 0 Å². The quantitative estimate of drug-likeness (QED) is 0.760. The van der Waals surface area contributed by atoms with E-state index in [0.717, 1.165) is 18.7 Å². The van der Waals surface area contributed by atoms with Crippen LogP contribution in [-0.4, -0.2) is 12.3 Å². The van der Waals surface area contributed by atoms with Gasteiger partial charge in [-0.25, -0.2) is 0 Å². The number of nitrogens with one attached hydrogen (secondary N) is 1. The number of thioether (sulfide) groups is 1. The van der Waals surface area contributed by atoms with Crippen molar-refractivity contribution in [2.45, 2.75) is 24.1 Å². The second kappa shape index (κ2) is 5.98. The zero-order chi connectivity index (χ0) is 10.4. The van der Waals surface area contributed by atoms with Gasteiger partial charge in [-0.15, -0.1) is 0 Å². The second-order valence-corrected chi connectivity index (χ2v) is 3.87. The van der Waals surface area contributed by atoms with E-state index in [2.05, 4.69) is 5.32 Å². The molecule has 1 rings (SSSR count). The summed E-state index contributed by atoms with van der Waals surface area (Å²) >= 11 is 0.577. The average molecular weight is 217 g/mol. The molecule has 0 heterocycles. The van der Waals surface area contributed by atoms with Gasteiger partial charge in [0.05, 0.1) is 0 Å². The molecule has 0 atom stereocenters. The van der Waals surface area contributed by atoms with Gasteiger partial charge >= 0.3 is 0 Å². The Labute approximate surface area is 86.9 Å². The Morgan fingerprint density at radius 1 is 1.29 bits per heavy atom. The lowest BCUT2D eigenvalue weighted by Crippen LogP contribution is -2.11. The minimum Gasteiger partial charge on any atom is -0.313 e. The number of halogens is 2. The minimum atomic E-state index is -2.34. The van der Waals surface area contributed by atoms with Gasteiger partial charge in [0.1, 0.15) is 0 Å². The molecule has 0 aromatic heterocycles. The Morgan fingerprint density at radius 2 is 1.93 bits per heavy atom. The molecule has 0 spiro atoms. The van der Waals surface area contributed by atoms with Crippen LogP contribution >= 0.6 is 11.8 Å². The van der Waals surface area contributed by atoms with E-state index in [4.69, 9.17) is 0 Å². The van der Waals surface area contributed by atoms with E-state index in [9.17, 15) is 8.78 Å². The predicted octanol–water partition coefficient (Wildman–Crippen LogP) is 3.11. The molecular weight excluding hydrogens is 204 g/mol. The lowest BCUT2D eigenvalue weighted by Gasteiger charge is -2.03. The largest absolute Gasteiger partial charge is 0.313 e. The molecule has 0 bridgehead atoms. The molecule has 0 aliphatic rings. The molecule has 0 saturated heterocycles. The third-order valence-electron chi connectivity index (χ3n) is 1.73. The van der Waals surface area contributed by atoms with Crippen LogP contribution in [0.15, 0.2) is 29.2 Å². The van der Waals surface area contributed by atoms with Crippen molar-refractivity contribution in [2.75, 3.05) is 6.54 Å². The third kappa shape index (κ3) is 4.07. The van der Waals surface area contributed by atoms with Gasteiger partial charge in [0.15, 0.2) is 0 Å². The molecule has 1 aromatic carbocycles. The van der Waals surface area contributed by atoms with E-state index in [1.165, 1.54) is 0 Å². The first-order valence-electron chi connectivity index (χ1n) is 4.47. The van der Waals surface area contributed by atoms with Gasteiger partial charge in [0, 0.05) is 11.4 Å². The van der Waals surface area contributed by atoms with Crippen LogP contribution in [0.3, 0.4) is 0 Å². The number of benzene rings is 1. The molecule has 0 saturated carbocycles. The van der Waals surface area contributed by atoms with Crippen molar-refractivity contribution >= 4 is 11.8 Å². The van der Waals surface area contributed by atoms with E-state index in [-0.39, 0.29) is 0 Å². The van der Waals surface area contributed by atoms with Gasteiger partial charge in [0.2, 0.25) is 0 Å². The van der Waals surface area contributed by atoms with Crippen molar-refractivity contribution in [1.29, 1.82) is 0 Å². The highest BCUT2D eigenvalue weighted by Crippen LogP contribution is 2.24. The SMILES string of the molecule is CCNCc1ccc(SC(F)F)cc1. The molecule has 14 heavy (non-hydrogen) atoms. The summed E-state index contributed by atoms with van der Waals surface area (Å²) in [4.78, 5) is 0.611. The fourth-order valence-corrected chi connectivity index (χ4v) is 1.56. The Hall–Kier alpha value is -0.610. The highest BCUT2D eigenvalue weighted by atomic mass is 32.2. The average Bonchev–Trinajstić information content (AvgIpc) is 2.16. The first-order valence-corrected chi connectivity index (χ1v) is 5.35. The number of alkyl halides is 2.